The molecule has 1 aliphatic rings. The number of benzene rings is 2. The van der Waals surface area contributed by atoms with Crippen LogP contribution in [0.3, 0.4) is 0 Å². The lowest BCUT2D eigenvalue weighted by Gasteiger charge is -2.30. The van der Waals surface area contributed by atoms with E-state index in [0.29, 0.717) is 29.2 Å². The van der Waals surface area contributed by atoms with Crippen molar-refractivity contribution in [2.45, 2.75) is 64.1 Å². The first-order valence-electron chi connectivity index (χ1n) is 13.4. The summed E-state index contributed by atoms with van der Waals surface area (Å²) in [5.74, 6) is -0.322. The van der Waals surface area contributed by atoms with E-state index >= 15 is 0 Å². The molecule has 1 fully saturated rings. The molecule has 4 aromatic rings. The van der Waals surface area contributed by atoms with Crippen LogP contribution in [0.25, 0.3) is 22.2 Å². The molecule has 9 nitrogen and oxygen atoms in total. The number of nitrogens with one attached hydrogen (secondary N) is 4. The van der Waals surface area contributed by atoms with Crippen molar-refractivity contribution in [1.82, 2.24) is 20.3 Å². The Morgan fingerprint density at radius 2 is 1.80 bits per heavy atom. The van der Waals surface area contributed by atoms with Gasteiger partial charge in [0.2, 0.25) is 5.95 Å². The van der Waals surface area contributed by atoms with E-state index in [1.165, 1.54) is 6.20 Å². The molecule has 0 aliphatic heterocycles. The number of hydrogen-bond acceptors (Lipinski definition) is 6. The van der Waals surface area contributed by atoms with Gasteiger partial charge in [-0.1, -0.05) is 18.2 Å². The molecule has 2 atom stereocenters. The predicted octanol–water partition coefficient (Wildman–Crippen LogP) is 6.26. The van der Waals surface area contributed by atoms with E-state index < -0.39 is 17.5 Å². The van der Waals surface area contributed by atoms with Crippen LogP contribution < -0.4 is 16.0 Å². The monoisotopic (exact) mass is 544 g/mol. The minimum atomic E-state index is -0.598. The van der Waals surface area contributed by atoms with Crippen molar-refractivity contribution in [3.05, 3.63) is 72.3 Å². The lowest BCUT2D eigenvalue weighted by atomic mass is 9.91. The van der Waals surface area contributed by atoms with Crippen LogP contribution in [0.5, 0.6) is 0 Å². The van der Waals surface area contributed by atoms with E-state index in [2.05, 4.69) is 30.9 Å². The minimum absolute atomic E-state index is 0.0285. The fourth-order valence-corrected chi connectivity index (χ4v) is 4.92. The second-order valence-corrected chi connectivity index (χ2v) is 11.0. The summed E-state index contributed by atoms with van der Waals surface area (Å²) in [4.78, 5) is 36.7. The van der Waals surface area contributed by atoms with Crippen molar-refractivity contribution >= 4 is 34.5 Å². The molecular weight excluding hydrogens is 511 g/mol. The number of para-hydroxylation sites is 1. The summed E-state index contributed by atoms with van der Waals surface area (Å²) in [6.45, 7) is 5.38. The third kappa shape index (κ3) is 6.56. The number of aromatic nitrogens is 3. The van der Waals surface area contributed by atoms with Gasteiger partial charge in [0.05, 0.1) is 6.20 Å². The Balaban J connectivity index is 1.19. The summed E-state index contributed by atoms with van der Waals surface area (Å²) < 4.78 is 20.0. The summed E-state index contributed by atoms with van der Waals surface area (Å²) in [5.41, 5.74) is 2.26. The van der Waals surface area contributed by atoms with Gasteiger partial charge in [0.25, 0.3) is 5.91 Å². The van der Waals surface area contributed by atoms with E-state index in [0.717, 1.165) is 30.2 Å². The molecule has 2 heterocycles. The topological polar surface area (TPSA) is 121 Å². The van der Waals surface area contributed by atoms with Gasteiger partial charge in [-0.3, -0.25) is 10.1 Å². The highest BCUT2D eigenvalue weighted by Crippen LogP contribution is 2.30. The molecule has 0 saturated heterocycles. The second-order valence-electron chi connectivity index (χ2n) is 11.0. The molecule has 4 N–H and O–H groups in total. The van der Waals surface area contributed by atoms with Gasteiger partial charge < -0.3 is 20.4 Å². The van der Waals surface area contributed by atoms with Crippen LogP contribution >= 0.6 is 0 Å². The summed E-state index contributed by atoms with van der Waals surface area (Å²) >= 11 is 0. The number of aromatic amines is 1. The molecule has 10 heteroatoms. The summed E-state index contributed by atoms with van der Waals surface area (Å²) in [6, 6.07) is 14.3. The Labute approximate surface area is 232 Å². The number of carbonyl (C=O) groups is 2. The fraction of sp³-hybridized carbons (Fsp3) is 0.333. The Morgan fingerprint density at radius 1 is 1.05 bits per heavy atom. The molecule has 5 rings (SSSR count). The lowest BCUT2D eigenvalue weighted by molar-refractivity contribution is 0.0635. The maximum Gasteiger partial charge on any atom is 0.412 e. The number of anilines is 2. The van der Waals surface area contributed by atoms with E-state index in [9.17, 15) is 14.0 Å². The number of carbonyl (C=O) groups excluding carboxylic acids is 2. The Kier molecular flexibility index (Phi) is 7.68. The summed E-state index contributed by atoms with van der Waals surface area (Å²) in [5, 5.41) is 10.0. The van der Waals surface area contributed by atoms with Crippen LogP contribution in [0, 0.1) is 5.82 Å². The van der Waals surface area contributed by atoms with Crippen LogP contribution in [0.1, 0.15) is 56.8 Å². The van der Waals surface area contributed by atoms with Crippen molar-refractivity contribution in [2.75, 3.05) is 10.6 Å². The molecule has 0 radical (unpaired) electrons. The third-order valence-corrected chi connectivity index (χ3v) is 6.72. The zero-order chi connectivity index (χ0) is 28.3. The molecule has 40 heavy (non-hydrogen) atoms. The summed E-state index contributed by atoms with van der Waals surface area (Å²) in [6.07, 6.45) is 5.74. The van der Waals surface area contributed by atoms with E-state index in [4.69, 9.17) is 4.74 Å². The van der Waals surface area contributed by atoms with E-state index in [-0.39, 0.29) is 23.7 Å². The molecule has 2 amide bonds. The molecule has 208 valence electrons. The van der Waals surface area contributed by atoms with Gasteiger partial charge in [0, 0.05) is 46.0 Å². The van der Waals surface area contributed by atoms with Crippen LogP contribution in [0.15, 0.2) is 60.9 Å². The molecule has 2 aromatic heterocycles. The number of H-pyrrole nitrogens is 1. The first-order chi connectivity index (χ1) is 19.1. The molecule has 0 bridgehead atoms. The highest BCUT2D eigenvalue weighted by molar-refractivity contribution is 5.96. The maximum atomic E-state index is 14.7. The van der Waals surface area contributed by atoms with Crippen molar-refractivity contribution in [1.29, 1.82) is 0 Å². The van der Waals surface area contributed by atoms with Gasteiger partial charge in [0.1, 0.15) is 11.3 Å². The average Bonchev–Trinajstić information content (AvgIpc) is 3.33. The first kappa shape index (κ1) is 27.1. The van der Waals surface area contributed by atoms with Gasteiger partial charge in [-0.05, 0) is 76.8 Å². The van der Waals surface area contributed by atoms with Gasteiger partial charge in [0.15, 0.2) is 5.82 Å². The molecular formula is C30H33FN6O3. The number of ether oxygens (including phenoxy) is 1. The zero-order valence-corrected chi connectivity index (χ0v) is 22.8. The van der Waals surface area contributed by atoms with Crippen molar-refractivity contribution < 1.29 is 18.7 Å². The quantitative estimate of drug-likeness (QED) is 0.227. The number of fused-ring (bicyclic) bond motifs is 1. The Morgan fingerprint density at radius 3 is 2.58 bits per heavy atom. The van der Waals surface area contributed by atoms with Crippen LogP contribution in [-0.4, -0.2) is 44.6 Å². The van der Waals surface area contributed by atoms with Gasteiger partial charge in [-0.2, -0.15) is 0 Å². The molecule has 1 unspecified atom stereocenters. The highest BCUT2D eigenvalue weighted by Gasteiger charge is 2.25. The number of rotatable bonds is 6. The zero-order valence-electron chi connectivity index (χ0n) is 22.8. The molecule has 2 aromatic carbocycles. The smallest absolute Gasteiger partial charge is 0.412 e. The fourth-order valence-electron chi connectivity index (χ4n) is 4.92. The van der Waals surface area contributed by atoms with E-state index in [1.807, 2.05) is 24.3 Å². The number of nitrogens with zero attached hydrogens (tertiary/aromatic N) is 2. The number of amides is 2. The van der Waals surface area contributed by atoms with Crippen LogP contribution in [-0.2, 0) is 4.74 Å². The maximum absolute atomic E-state index is 14.7. The average molecular weight is 545 g/mol. The van der Waals surface area contributed by atoms with E-state index in [1.54, 1.807) is 51.2 Å². The van der Waals surface area contributed by atoms with Gasteiger partial charge in [-0.15, -0.1) is 0 Å². The van der Waals surface area contributed by atoms with Crippen LogP contribution in [0.4, 0.5) is 20.8 Å². The molecule has 1 saturated carbocycles. The van der Waals surface area contributed by atoms with Crippen molar-refractivity contribution in [3.8, 4) is 11.3 Å². The van der Waals surface area contributed by atoms with Gasteiger partial charge in [-0.25, -0.2) is 19.2 Å². The number of halogens is 1. The largest absolute Gasteiger partial charge is 0.444 e. The SMILES string of the molecule is CC(C)(C)OC(=O)Nc1ccc(C(=O)NC2CCC[C@@H](Nc3ncc(F)c(-c4c[nH]c5ccccc45)n3)C2)cc1. The number of hydrogen-bond donors (Lipinski definition) is 4. The molecule has 1 aliphatic carbocycles. The molecule has 0 spiro atoms. The Bertz CT molecular complexity index is 1510. The van der Waals surface area contributed by atoms with Crippen molar-refractivity contribution in [3.63, 3.8) is 0 Å². The van der Waals surface area contributed by atoms with Crippen molar-refractivity contribution in [2.24, 2.45) is 0 Å². The first-order valence-corrected chi connectivity index (χ1v) is 13.4. The predicted molar refractivity (Wildman–Crippen MR) is 153 cm³/mol. The standard InChI is InChI=1S/C30H33FN6O3/c1-30(2,3)40-29(39)36-19-13-11-18(12-14-19)27(38)34-20-7-6-8-21(15-20)35-28-33-17-24(31)26(37-28)23-16-32-25-10-5-4-9-22(23)25/h4-5,9-14,16-17,20-21,32H,6-8,15H2,1-3H3,(H,34,38)(H,36,39)(H,33,35,37)/t20?,21-/m1/s1. The second kappa shape index (κ2) is 11.3. The van der Waals surface area contributed by atoms with Gasteiger partial charge >= 0.3 is 6.09 Å². The normalized spacial score (nSPS) is 17.3. The third-order valence-electron chi connectivity index (χ3n) is 6.72. The Hall–Kier alpha value is -4.47. The highest BCUT2D eigenvalue weighted by atomic mass is 19.1. The lowest BCUT2D eigenvalue weighted by Crippen LogP contribution is -2.42. The van der Waals surface area contributed by atoms with Crippen LogP contribution in [0.2, 0.25) is 0 Å². The summed E-state index contributed by atoms with van der Waals surface area (Å²) in [7, 11) is 0. The minimum Gasteiger partial charge on any atom is -0.444 e.